The average Bonchev–Trinajstić information content (AvgIpc) is 2.93. The maximum atomic E-state index is 12.4. The Bertz CT molecular complexity index is 532. The molecule has 2 aromatic rings. The third-order valence-electron chi connectivity index (χ3n) is 3.43. The summed E-state index contributed by atoms with van der Waals surface area (Å²) in [5, 5.41) is 9.67. The lowest BCUT2D eigenvalue weighted by atomic mass is 9.83. The first-order valence-corrected chi connectivity index (χ1v) is 6.37. The van der Waals surface area contributed by atoms with Gasteiger partial charge in [0.15, 0.2) is 0 Å². The molecule has 1 aromatic carbocycles. The van der Waals surface area contributed by atoms with Crippen LogP contribution in [0.1, 0.15) is 37.9 Å². The molecule has 0 radical (unpaired) electrons. The van der Waals surface area contributed by atoms with Crippen molar-refractivity contribution in [1.29, 1.82) is 0 Å². The molecule has 0 aliphatic rings. The highest BCUT2D eigenvalue weighted by Gasteiger charge is 2.30. The summed E-state index contributed by atoms with van der Waals surface area (Å²) in [4.78, 5) is 12.4. The highest BCUT2D eigenvalue weighted by atomic mass is 16.2. The number of aromatic nitrogens is 2. The molecule has 19 heavy (non-hydrogen) atoms. The minimum Gasteiger partial charge on any atom is -0.349 e. The number of carbonyl (C=O) groups is 1. The van der Waals surface area contributed by atoms with Gasteiger partial charge in [-0.25, -0.2) is 0 Å². The van der Waals surface area contributed by atoms with E-state index in [1.54, 1.807) is 12.4 Å². The van der Waals surface area contributed by atoms with E-state index < -0.39 is 5.41 Å². The molecule has 1 atom stereocenters. The van der Waals surface area contributed by atoms with Gasteiger partial charge in [0.05, 0.1) is 17.7 Å². The van der Waals surface area contributed by atoms with Crippen molar-refractivity contribution in [2.45, 2.75) is 32.2 Å². The SMILES string of the molecule is CC(NC(=O)C(C)(C)c1ccccc1)c1cn[nH]c1. The van der Waals surface area contributed by atoms with Gasteiger partial charge in [0.2, 0.25) is 5.91 Å². The molecule has 4 heteroatoms. The number of carbonyl (C=O) groups excluding carboxylic acids is 1. The van der Waals surface area contributed by atoms with Gasteiger partial charge in [-0.1, -0.05) is 30.3 Å². The summed E-state index contributed by atoms with van der Waals surface area (Å²) in [6.45, 7) is 5.81. The van der Waals surface area contributed by atoms with Crippen molar-refractivity contribution < 1.29 is 4.79 Å². The Morgan fingerprint density at radius 1 is 1.32 bits per heavy atom. The Hall–Kier alpha value is -2.10. The predicted molar refractivity (Wildman–Crippen MR) is 74.6 cm³/mol. The largest absolute Gasteiger partial charge is 0.349 e. The Balaban J connectivity index is 2.11. The summed E-state index contributed by atoms with van der Waals surface area (Å²) in [6, 6.07) is 9.73. The van der Waals surface area contributed by atoms with Gasteiger partial charge >= 0.3 is 0 Å². The highest BCUT2D eigenvalue weighted by Crippen LogP contribution is 2.24. The standard InChI is InChI=1S/C15H19N3O/c1-11(12-9-16-17-10-12)18-14(19)15(2,3)13-7-5-4-6-8-13/h4-11H,1-3H3,(H,16,17)(H,18,19). The second-order valence-corrected chi connectivity index (χ2v) is 5.22. The van der Waals surface area contributed by atoms with Gasteiger partial charge in [-0.15, -0.1) is 0 Å². The van der Waals surface area contributed by atoms with Crippen molar-refractivity contribution in [3.8, 4) is 0 Å². The van der Waals surface area contributed by atoms with Crippen LogP contribution >= 0.6 is 0 Å². The van der Waals surface area contributed by atoms with Crippen LogP contribution < -0.4 is 5.32 Å². The van der Waals surface area contributed by atoms with Crippen molar-refractivity contribution in [1.82, 2.24) is 15.5 Å². The fourth-order valence-corrected chi connectivity index (χ4v) is 1.94. The van der Waals surface area contributed by atoms with E-state index in [-0.39, 0.29) is 11.9 Å². The van der Waals surface area contributed by atoms with Gasteiger partial charge in [0.25, 0.3) is 0 Å². The summed E-state index contributed by atoms with van der Waals surface area (Å²) >= 11 is 0. The van der Waals surface area contributed by atoms with E-state index in [1.807, 2.05) is 51.1 Å². The van der Waals surface area contributed by atoms with Crippen molar-refractivity contribution in [2.24, 2.45) is 0 Å². The molecule has 0 fully saturated rings. The Labute approximate surface area is 113 Å². The molecule has 2 N–H and O–H groups in total. The number of amides is 1. The van der Waals surface area contributed by atoms with Crippen LogP contribution in [0, 0.1) is 0 Å². The van der Waals surface area contributed by atoms with Crippen LogP contribution in [0.3, 0.4) is 0 Å². The molecule has 0 aliphatic heterocycles. The van der Waals surface area contributed by atoms with Crippen LogP contribution in [0.15, 0.2) is 42.7 Å². The van der Waals surface area contributed by atoms with Gasteiger partial charge in [0.1, 0.15) is 0 Å². The summed E-state index contributed by atoms with van der Waals surface area (Å²) in [6.07, 6.45) is 3.51. The molecule has 0 saturated heterocycles. The normalized spacial score (nSPS) is 13.0. The molecule has 0 bridgehead atoms. The van der Waals surface area contributed by atoms with E-state index in [1.165, 1.54) is 0 Å². The van der Waals surface area contributed by atoms with E-state index in [9.17, 15) is 4.79 Å². The second kappa shape index (κ2) is 5.26. The fourth-order valence-electron chi connectivity index (χ4n) is 1.94. The van der Waals surface area contributed by atoms with E-state index in [0.717, 1.165) is 11.1 Å². The Kier molecular flexibility index (Phi) is 3.69. The first kappa shape index (κ1) is 13.3. The third-order valence-corrected chi connectivity index (χ3v) is 3.43. The zero-order chi connectivity index (χ0) is 13.9. The van der Waals surface area contributed by atoms with Crippen molar-refractivity contribution in [3.63, 3.8) is 0 Å². The molecule has 0 saturated carbocycles. The van der Waals surface area contributed by atoms with Crippen molar-refractivity contribution in [2.75, 3.05) is 0 Å². The van der Waals surface area contributed by atoms with Crippen LogP contribution in [0.25, 0.3) is 0 Å². The van der Waals surface area contributed by atoms with Crippen LogP contribution in [-0.2, 0) is 10.2 Å². The molecule has 1 aromatic heterocycles. The minimum atomic E-state index is -0.556. The lowest BCUT2D eigenvalue weighted by Gasteiger charge is -2.26. The lowest BCUT2D eigenvalue weighted by molar-refractivity contribution is -0.126. The average molecular weight is 257 g/mol. The van der Waals surface area contributed by atoms with Gasteiger partial charge in [-0.05, 0) is 26.3 Å². The van der Waals surface area contributed by atoms with Gasteiger partial charge in [-0.2, -0.15) is 5.10 Å². The van der Waals surface area contributed by atoms with E-state index in [0.29, 0.717) is 0 Å². The quantitative estimate of drug-likeness (QED) is 0.884. The zero-order valence-electron chi connectivity index (χ0n) is 11.5. The maximum absolute atomic E-state index is 12.4. The number of H-pyrrole nitrogens is 1. The van der Waals surface area contributed by atoms with E-state index in [2.05, 4.69) is 15.5 Å². The van der Waals surface area contributed by atoms with Gasteiger partial charge < -0.3 is 5.32 Å². The van der Waals surface area contributed by atoms with Crippen LogP contribution in [0.4, 0.5) is 0 Å². The molecular formula is C15H19N3O. The summed E-state index contributed by atoms with van der Waals surface area (Å²) in [5.41, 5.74) is 1.42. The molecule has 1 amide bonds. The van der Waals surface area contributed by atoms with E-state index >= 15 is 0 Å². The summed E-state index contributed by atoms with van der Waals surface area (Å²) in [7, 11) is 0. The van der Waals surface area contributed by atoms with Crippen LogP contribution in [-0.4, -0.2) is 16.1 Å². The molecular weight excluding hydrogens is 238 g/mol. The number of rotatable bonds is 4. The number of hydrogen-bond acceptors (Lipinski definition) is 2. The molecule has 2 rings (SSSR count). The Morgan fingerprint density at radius 2 is 2.00 bits per heavy atom. The second-order valence-electron chi connectivity index (χ2n) is 5.22. The molecule has 1 unspecified atom stereocenters. The first-order valence-electron chi connectivity index (χ1n) is 6.37. The maximum Gasteiger partial charge on any atom is 0.230 e. The number of nitrogens with zero attached hydrogens (tertiary/aromatic N) is 1. The minimum absolute atomic E-state index is 0.00685. The fraction of sp³-hybridized carbons (Fsp3) is 0.333. The molecule has 0 aliphatic carbocycles. The first-order chi connectivity index (χ1) is 9.01. The predicted octanol–water partition coefficient (Wildman–Crippen LogP) is 2.56. The molecule has 4 nitrogen and oxygen atoms in total. The van der Waals surface area contributed by atoms with E-state index in [4.69, 9.17) is 0 Å². The number of benzene rings is 1. The molecule has 1 heterocycles. The van der Waals surface area contributed by atoms with Crippen molar-refractivity contribution >= 4 is 5.91 Å². The number of aromatic amines is 1. The Morgan fingerprint density at radius 3 is 2.58 bits per heavy atom. The number of nitrogens with one attached hydrogen (secondary N) is 2. The smallest absolute Gasteiger partial charge is 0.230 e. The third kappa shape index (κ3) is 2.84. The van der Waals surface area contributed by atoms with Gasteiger partial charge in [0, 0.05) is 11.8 Å². The van der Waals surface area contributed by atoms with Gasteiger partial charge in [-0.3, -0.25) is 9.89 Å². The monoisotopic (exact) mass is 257 g/mol. The molecule has 0 spiro atoms. The number of hydrogen-bond donors (Lipinski definition) is 2. The molecule has 100 valence electrons. The van der Waals surface area contributed by atoms with Crippen molar-refractivity contribution in [3.05, 3.63) is 53.9 Å². The summed E-state index contributed by atoms with van der Waals surface area (Å²) < 4.78 is 0. The highest BCUT2D eigenvalue weighted by molar-refractivity contribution is 5.87. The zero-order valence-corrected chi connectivity index (χ0v) is 11.5. The lowest BCUT2D eigenvalue weighted by Crippen LogP contribution is -2.41. The van der Waals surface area contributed by atoms with Crippen LogP contribution in [0.2, 0.25) is 0 Å². The van der Waals surface area contributed by atoms with Crippen LogP contribution in [0.5, 0.6) is 0 Å². The topological polar surface area (TPSA) is 57.8 Å². The summed E-state index contributed by atoms with van der Waals surface area (Å²) in [5.74, 6) is 0.00685.